The molecule has 0 aliphatic carbocycles. The summed E-state index contributed by atoms with van der Waals surface area (Å²) >= 11 is 0. The van der Waals surface area contributed by atoms with Crippen molar-refractivity contribution in [3.63, 3.8) is 0 Å². The van der Waals surface area contributed by atoms with E-state index in [9.17, 15) is 9.59 Å². The molecule has 3 rings (SSSR count). The van der Waals surface area contributed by atoms with Crippen LogP contribution in [0.2, 0.25) is 0 Å². The van der Waals surface area contributed by atoms with Crippen LogP contribution in [0.3, 0.4) is 0 Å². The number of hydrogen-bond donors (Lipinski definition) is 1. The van der Waals surface area contributed by atoms with E-state index in [4.69, 9.17) is 4.74 Å². The fourth-order valence-corrected chi connectivity index (χ4v) is 4.67. The van der Waals surface area contributed by atoms with Crippen molar-refractivity contribution in [3.05, 3.63) is 29.8 Å². The minimum absolute atomic E-state index is 0.0310. The second-order valence-electron chi connectivity index (χ2n) is 9.07. The third kappa shape index (κ3) is 6.21. The standard InChI is InChI=1S/C24H37N3O3/c1-18(16-26-13-4-5-14-26)15-25-24(29)21-9-11-22(12-10-21)30-17-23(28)27-19(2)7-6-8-20(27)3/h9-12,18-20H,4-8,13-17H2,1-3H3,(H,25,29). The fraction of sp³-hybridized carbons (Fsp3) is 0.667. The van der Waals surface area contributed by atoms with E-state index in [1.54, 1.807) is 24.3 Å². The van der Waals surface area contributed by atoms with Crippen LogP contribution in [-0.4, -0.2) is 66.5 Å². The van der Waals surface area contributed by atoms with Crippen molar-refractivity contribution in [1.82, 2.24) is 15.1 Å². The molecule has 1 aromatic rings. The number of hydrogen-bond acceptors (Lipinski definition) is 4. The zero-order valence-corrected chi connectivity index (χ0v) is 18.7. The van der Waals surface area contributed by atoms with E-state index in [1.165, 1.54) is 32.4 Å². The molecule has 3 unspecified atom stereocenters. The normalized spacial score (nSPS) is 23.2. The van der Waals surface area contributed by atoms with Crippen molar-refractivity contribution in [1.29, 1.82) is 0 Å². The van der Waals surface area contributed by atoms with Crippen LogP contribution in [0, 0.1) is 5.92 Å². The molecule has 166 valence electrons. The van der Waals surface area contributed by atoms with Crippen LogP contribution in [-0.2, 0) is 4.79 Å². The number of piperidine rings is 1. The first kappa shape index (κ1) is 22.6. The van der Waals surface area contributed by atoms with E-state index in [0.717, 1.165) is 19.4 Å². The van der Waals surface area contributed by atoms with Gasteiger partial charge in [0.15, 0.2) is 6.61 Å². The Labute approximate surface area is 180 Å². The molecule has 6 heteroatoms. The van der Waals surface area contributed by atoms with Crippen molar-refractivity contribution in [2.45, 2.75) is 65.0 Å². The molecule has 6 nitrogen and oxygen atoms in total. The van der Waals surface area contributed by atoms with Crippen LogP contribution in [0.25, 0.3) is 0 Å². The molecule has 30 heavy (non-hydrogen) atoms. The predicted molar refractivity (Wildman–Crippen MR) is 119 cm³/mol. The number of amides is 2. The molecule has 0 radical (unpaired) electrons. The molecule has 1 aromatic carbocycles. The van der Waals surface area contributed by atoms with Crippen LogP contribution in [0.4, 0.5) is 0 Å². The van der Waals surface area contributed by atoms with Gasteiger partial charge in [-0.05, 0) is 89.2 Å². The number of benzene rings is 1. The lowest BCUT2D eigenvalue weighted by atomic mass is 9.97. The lowest BCUT2D eigenvalue weighted by Crippen LogP contribution is -2.49. The summed E-state index contributed by atoms with van der Waals surface area (Å²) in [5.41, 5.74) is 0.611. The maximum Gasteiger partial charge on any atom is 0.260 e. The van der Waals surface area contributed by atoms with Gasteiger partial charge in [-0.1, -0.05) is 6.92 Å². The lowest BCUT2D eigenvalue weighted by Gasteiger charge is -2.38. The number of nitrogens with one attached hydrogen (secondary N) is 1. The third-order valence-electron chi connectivity index (χ3n) is 6.34. The topological polar surface area (TPSA) is 61.9 Å². The molecular formula is C24H37N3O3. The number of rotatable bonds is 8. The van der Waals surface area contributed by atoms with E-state index in [-0.39, 0.29) is 30.5 Å². The minimum atomic E-state index is -0.0677. The molecule has 0 bridgehead atoms. The number of carbonyl (C=O) groups is 2. The Morgan fingerprint density at radius 1 is 1.07 bits per heavy atom. The Morgan fingerprint density at radius 2 is 1.70 bits per heavy atom. The van der Waals surface area contributed by atoms with Crippen LogP contribution >= 0.6 is 0 Å². The fourth-order valence-electron chi connectivity index (χ4n) is 4.67. The van der Waals surface area contributed by atoms with Gasteiger partial charge in [-0.25, -0.2) is 0 Å². The highest BCUT2D eigenvalue weighted by molar-refractivity contribution is 5.94. The minimum Gasteiger partial charge on any atom is -0.484 e. The van der Waals surface area contributed by atoms with Crippen LogP contribution in [0.1, 0.15) is 63.2 Å². The van der Waals surface area contributed by atoms with Crippen molar-refractivity contribution >= 4 is 11.8 Å². The van der Waals surface area contributed by atoms with E-state index >= 15 is 0 Å². The molecule has 0 aromatic heterocycles. The average Bonchev–Trinajstić information content (AvgIpc) is 3.23. The summed E-state index contributed by atoms with van der Waals surface area (Å²) in [5.74, 6) is 1.00. The van der Waals surface area contributed by atoms with Gasteiger partial charge in [0, 0.05) is 30.7 Å². The largest absolute Gasteiger partial charge is 0.484 e. The molecule has 2 aliphatic heterocycles. The summed E-state index contributed by atoms with van der Waals surface area (Å²) in [7, 11) is 0. The first-order valence-corrected chi connectivity index (χ1v) is 11.5. The molecule has 2 saturated heterocycles. The van der Waals surface area contributed by atoms with Crippen LogP contribution in [0.5, 0.6) is 5.75 Å². The van der Waals surface area contributed by atoms with E-state index in [2.05, 4.69) is 31.0 Å². The van der Waals surface area contributed by atoms with Crippen LogP contribution < -0.4 is 10.1 Å². The van der Waals surface area contributed by atoms with Gasteiger partial charge in [0.1, 0.15) is 5.75 Å². The molecule has 0 spiro atoms. The smallest absolute Gasteiger partial charge is 0.260 e. The highest BCUT2D eigenvalue weighted by atomic mass is 16.5. The first-order valence-electron chi connectivity index (χ1n) is 11.5. The Morgan fingerprint density at radius 3 is 2.33 bits per heavy atom. The summed E-state index contributed by atoms with van der Waals surface area (Å²) in [6.07, 6.45) is 5.85. The summed E-state index contributed by atoms with van der Waals surface area (Å²) in [6.45, 7) is 10.5. The monoisotopic (exact) mass is 415 g/mol. The lowest BCUT2D eigenvalue weighted by molar-refractivity contribution is -0.139. The van der Waals surface area contributed by atoms with Gasteiger partial charge >= 0.3 is 0 Å². The van der Waals surface area contributed by atoms with Gasteiger partial charge in [0.2, 0.25) is 0 Å². The predicted octanol–water partition coefficient (Wildman–Crippen LogP) is 3.32. The van der Waals surface area contributed by atoms with Crippen molar-refractivity contribution < 1.29 is 14.3 Å². The highest BCUT2D eigenvalue weighted by Gasteiger charge is 2.29. The van der Waals surface area contributed by atoms with Gasteiger partial charge in [0.05, 0.1) is 0 Å². The SMILES string of the molecule is CC(CNC(=O)c1ccc(OCC(=O)N2C(C)CCCC2C)cc1)CN1CCCC1. The third-order valence-corrected chi connectivity index (χ3v) is 6.34. The molecular weight excluding hydrogens is 378 g/mol. The molecule has 2 aliphatic rings. The molecule has 1 N–H and O–H groups in total. The highest BCUT2D eigenvalue weighted by Crippen LogP contribution is 2.23. The molecule has 2 fully saturated rings. The van der Waals surface area contributed by atoms with Crippen molar-refractivity contribution in [2.75, 3.05) is 32.8 Å². The van der Waals surface area contributed by atoms with Gasteiger partial charge in [0.25, 0.3) is 11.8 Å². The molecule has 0 saturated carbocycles. The average molecular weight is 416 g/mol. The summed E-state index contributed by atoms with van der Waals surface area (Å²) in [6, 6.07) is 7.57. The zero-order valence-electron chi connectivity index (χ0n) is 18.7. The summed E-state index contributed by atoms with van der Waals surface area (Å²) < 4.78 is 5.70. The Bertz CT molecular complexity index is 690. The summed E-state index contributed by atoms with van der Waals surface area (Å²) in [4.78, 5) is 29.4. The van der Waals surface area contributed by atoms with Gasteiger partial charge in [-0.3, -0.25) is 9.59 Å². The molecule has 3 atom stereocenters. The first-order chi connectivity index (χ1) is 14.4. The Balaban J connectivity index is 1.42. The quantitative estimate of drug-likeness (QED) is 0.708. The maximum absolute atomic E-state index is 12.6. The number of nitrogens with zero attached hydrogens (tertiary/aromatic N) is 2. The number of carbonyl (C=O) groups excluding carboxylic acids is 2. The van der Waals surface area contributed by atoms with E-state index < -0.39 is 0 Å². The molecule has 2 amide bonds. The van der Waals surface area contributed by atoms with Gasteiger partial charge < -0.3 is 19.9 Å². The Kier molecular flexibility index (Phi) is 8.14. The van der Waals surface area contributed by atoms with Crippen LogP contribution in [0.15, 0.2) is 24.3 Å². The zero-order chi connectivity index (χ0) is 21.5. The van der Waals surface area contributed by atoms with E-state index in [0.29, 0.717) is 23.8 Å². The second kappa shape index (κ2) is 10.8. The van der Waals surface area contributed by atoms with Crippen molar-refractivity contribution in [3.8, 4) is 5.75 Å². The van der Waals surface area contributed by atoms with Crippen molar-refractivity contribution in [2.24, 2.45) is 5.92 Å². The number of likely N-dealkylation sites (tertiary alicyclic amines) is 2. The maximum atomic E-state index is 12.6. The van der Waals surface area contributed by atoms with E-state index in [1.807, 2.05) is 4.90 Å². The second-order valence-corrected chi connectivity index (χ2v) is 9.07. The molecule has 2 heterocycles. The van der Waals surface area contributed by atoms with Gasteiger partial charge in [-0.2, -0.15) is 0 Å². The van der Waals surface area contributed by atoms with Gasteiger partial charge in [-0.15, -0.1) is 0 Å². The number of ether oxygens (including phenoxy) is 1. The Hall–Kier alpha value is -2.08. The summed E-state index contributed by atoms with van der Waals surface area (Å²) in [5, 5.41) is 3.03.